The lowest BCUT2D eigenvalue weighted by molar-refractivity contribution is 0.943. The number of halogens is 1. The molecule has 0 aliphatic heterocycles. The highest BCUT2D eigenvalue weighted by molar-refractivity contribution is 9.10. The van der Waals surface area contributed by atoms with Crippen LogP contribution in [-0.4, -0.2) is 14.6 Å². The summed E-state index contributed by atoms with van der Waals surface area (Å²) in [5.41, 5.74) is 2.30. The summed E-state index contributed by atoms with van der Waals surface area (Å²) in [4.78, 5) is 5.78. The lowest BCUT2D eigenvalue weighted by Crippen LogP contribution is -2.03. The molecule has 0 spiro atoms. The zero-order valence-corrected chi connectivity index (χ0v) is 14.3. The minimum atomic E-state index is 0.759. The second-order valence-electron chi connectivity index (χ2n) is 5.06. The molecule has 3 heterocycles. The quantitative estimate of drug-likeness (QED) is 0.570. The van der Waals surface area contributed by atoms with Crippen molar-refractivity contribution in [2.75, 3.05) is 5.32 Å². The molecule has 0 aliphatic rings. The van der Waals surface area contributed by atoms with Crippen molar-refractivity contribution in [3.05, 3.63) is 57.8 Å². The van der Waals surface area contributed by atoms with Crippen LogP contribution >= 0.6 is 27.3 Å². The molecule has 0 aliphatic carbocycles. The molecule has 1 N–H and O–H groups in total. The second kappa shape index (κ2) is 5.37. The Morgan fingerprint density at radius 1 is 1.32 bits per heavy atom. The monoisotopic (exact) mass is 372 g/mol. The molecule has 0 bridgehead atoms. The summed E-state index contributed by atoms with van der Waals surface area (Å²) >= 11 is 5.36. The number of nitrogens with zero attached hydrogens (tertiary/aromatic N) is 3. The predicted molar refractivity (Wildman–Crippen MR) is 94.6 cm³/mol. The summed E-state index contributed by atoms with van der Waals surface area (Å²) in [6.07, 6.45) is 5.38. The van der Waals surface area contributed by atoms with E-state index in [1.165, 1.54) is 20.5 Å². The number of hydrogen-bond acceptors (Lipinski definition) is 4. The van der Waals surface area contributed by atoms with Crippen molar-refractivity contribution < 1.29 is 0 Å². The van der Waals surface area contributed by atoms with Gasteiger partial charge in [0.05, 0.1) is 17.2 Å². The van der Waals surface area contributed by atoms with Gasteiger partial charge in [-0.05, 0) is 39.9 Å². The zero-order valence-electron chi connectivity index (χ0n) is 11.9. The van der Waals surface area contributed by atoms with Crippen LogP contribution in [0.3, 0.4) is 0 Å². The Hall–Kier alpha value is -1.92. The highest BCUT2D eigenvalue weighted by Crippen LogP contribution is 2.31. The van der Waals surface area contributed by atoms with Crippen molar-refractivity contribution in [3.63, 3.8) is 0 Å². The van der Waals surface area contributed by atoms with Crippen LogP contribution < -0.4 is 5.32 Å². The molecule has 6 heteroatoms. The van der Waals surface area contributed by atoms with E-state index in [9.17, 15) is 0 Å². The van der Waals surface area contributed by atoms with Crippen LogP contribution in [0.15, 0.2) is 47.3 Å². The van der Waals surface area contributed by atoms with Crippen LogP contribution in [0.2, 0.25) is 0 Å². The van der Waals surface area contributed by atoms with Crippen LogP contribution in [0.1, 0.15) is 10.4 Å². The lowest BCUT2D eigenvalue weighted by atomic mass is 10.1. The lowest BCUT2D eigenvalue weighted by Gasteiger charge is -2.07. The number of nitrogens with one attached hydrogen (secondary N) is 1. The van der Waals surface area contributed by atoms with Crippen molar-refractivity contribution in [1.82, 2.24) is 14.6 Å². The molecule has 0 fully saturated rings. The molecule has 0 radical (unpaired) electrons. The highest BCUT2D eigenvalue weighted by Gasteiger charge is 2.11. The molecule has 3 aromatic heterocycles. The normalized spacial score (nSPS) is 11.4. The van der Waals surface area contributed by atoms with E-state index in [4.69, 9.17) is 0 Å². The Labute approximate surface area is 139 Å². The molecule has 0 unspecified atom stereocenters. The third-order valence-electron chi connectivity index (χ3n) is 3.75. The van der Waals surface area contributed by atoms with Crippen molar-refractivity contribution in [3.8, 4) is 0 Å². The Balaban J connectivity index is 1.68. The minimum Gasteiger partial charge on any atom is -0.363 e. The van der Waals surface area contributed by atoms with Gasteiger partial charge in [0, 0.05) is 22.0 Å². The maximum atomic E-state index is 4.44. The van der Waals surface area contributed by atoms with Gasteiger partial charge >= 0.3 is 0 Å². The molecule has 4 nitrogen and oxygen atoms in total. The van der Waals surface area contributed by atoms with Gasteiger partial charge in [0.25, 0.3) is 0 Å². The van der Waals surface area contributed by atoms with E-state index in [0.29, 0.717) is 0 Å². The molecule has 0 amide bonds. The molecule has 0 saturated heterocycles. The molecular formula is C16H13BrN4S. The van der Waals surface area contributed by atoms with Gasteiger partial charge < -0.3 is 5.32 Å². The number of anilines is 1. The van der Waals surface area contributed by atoms with Crippen molar-refractivity contribution in [2.24, 2.45) is 0 Å². The van der Waals surface area contributed by atoms with Gasteiger partial charge in [-0.25, -0.2) is 9.50 Å². The fraction of sp³-hybridized carbons (Fsp3) is 0.125. The van der Waals surface area contributed by atoms with Crippen LogP contribution in [0, 0.1) is 6.92 Å². The summed E-state index contributed by atoms with van der Waals surface area (Å²) in [5.74, 6) is 0.837. The smallest absolute Gasteiger partial charge is 0.153 e. The fourth-order valence-electron chi connectivity index (χ4n) is 2.59. The van der Waals surface area contributed by atoms with E-state index in [0.717, 1.165) is 22.4 Å². The first kappa shape index (κ1) is 13.7. The fourth-order valence-corrected chi connectivity index (χ4v) is 4.21. The van der Waals surface area contributed by atoms with Gasteiger partial charge in [-0.1, -0.05) is 18.2 Å². The highest BCUT2D eigenvalue weighted by atomic mass is 79.9. The van der Waals surface area contributed by atoms with Crippen molar-refractivity contribution in [1.29, 1.82) is 0 Å². The van der Waals surface area contributed by atoms with Crippen LogP contribution in [-0.2, 0) is 6.54 Å². The summed E-state index contributed by atoms with van der Waals surface area (Å²) in [6.45, 7) is 2.94. The predicted octanol–water partition coefficient (Wildman–Crippen LogP) is 4.63. The van der Waals surface area contributed by atoms with E-state index < -0.39 is 0 Å². The number of aryl methyl sites for hydroxylation is 1. The van der Waals surface area contributed by atoms with Crippen molar-refractivity contribution >= 4 is 48.7 Å². The Morgan fingerprint density at radius 2 is 2.18 bits per heavy atom. The third-order valence-corrected chi connectivity index (χ3v) is 5.60. The molecule has 4 rings (SSSR count). The van der Waals surface area contributed by atoms with Gasteiger partial charge in [-0.15, -0.1) is 11.3 Å². The first-order valence-corrected chi connectivity index (χ1v) is 8.54. The summed E-state index contributed by atoms with van der Waals surface area (Å²) in [7, 11) is 0. The molecular weight excluding hydrogens is 360 g/mol. The number of benzene rings is 1. The maximum absolute atomic E-state index is 4.44. The number of rotatable bonds is 3. The average molecular weight is 373 g/mol. The Morgan fingerprint density at radius 3 is 3.05 bits per heavy atom. The first-order valence-electron chi connectivity index (χ1n) is 6.93. The standard InChI is InChI=1S/C16H13BrN4S/c1-10-11-4-2-3-5-13(11)22-14(10)9-19-16-15-12(17)8-20-21(15)7-6-18-16/h2-8H,9H2,1H3,(H,18,19). The average Bonchev–Trinajstić information content (AvgIpc) is 3.07. The number of fused-ring (bicyclic) bond motifs is 2. The molecule has 22 heavy (non-hydrogen) atoms. The van der Waals surface area contributed by atoms with E-state index >= 15 is 0 Å². The molecule has 1 aromatic carbocycles. The third kappa shape index (κ3) is 2.19. The molecule has 0 saturated carbocycles. The molecule has 110 valence electrons. The van der Waals surface area contributed by atoms with Gasteiger partial charge in [0.1, 0.15) is 5.52 Å². The molecule has 0 atom stereocenters. The van der Waals surface area contributed by atoms with E-state index in [1.807, 2.05) is 22.0 Å². The summed E-state index contributed by atoms with van der Waals surface area (Å²) in [5, 5.41) is 9.05. The van der Waals surface area contributed by atoms with Crippen molar-refractivity contribution in [2.45, 2.75) is 13.5 Å². The first-order chi connectivity index (χ1) is 10.7. The van der Waals surface area contributed by atoms with E-state index in [1.54, 1.807) is 12.4 Å². The number of aromatic nitrogens is 3. The molecule has 4 aromatic rings. The Kier molecular flexibility index (Phi) is 3.35. The van der Waals surface area contributed by atoms with Gasteiger partial charge in [-0.3, -0.25) is 0 Å². The zero-order chi connectivity index (χ0) is 15.1. The van der Waals surface area contributed by atoms with Crippen LogP contribution in [0.4, 0.5) is 5.82 Å². The summed E-state index contributed by atoms with van der Waals surface area (Å²) < 4.78 is 4.08. The summed E-state index contributed by atoms with van der Waals surface area (Å²) in [6, 6.07) is 8.52. The van der Waals surface area contributed by atoms with Crippen LogP contribution in [0.5, 0.6) is 0 Å². The van der Waals surface area contributed by atoms with E-state index in [-0.39, 0.29) is 0 Å². The number of thiophene rings is 1. The minimum absolute atomic E-state index is 0.759. The van der Waals surface area contributed by atoms with Gasteiger partial charge in [0.15, 0.2) is 5.82 Å². The van der Waals surface area contributed by atoms with Gasteiger partial charge in [0.2, 0.25) is 0 Å². The van der Waals surface area contributed by atoms with Crippen LogP contribution in [0.25, 0.3) is 15.6 Å². The second-order valence-corrected chi connectivity index (χ2v) is 7.05. The Bertz CT molecular complexity index is 973. The number of hydrogen-bond donors (Lipinski definition) is 1. The maximum Gasteiger partial charge on any atom is 0.153 e. The SMILES string of the molecule is Cc1c(CNc2nccn3ncc(Br)c23)sc2ccccc12. The van der Waals surface area contributed by atoms with Gasteiger partial charge in [-0.2, -0.15) is 5.10 Å². The topological polar surface area (TPSA) is 42.2 Å². The van der Waals surface area contributed by atoms with E-state index in [2.05, 4.69) is 62.5 Å². The largest absolute Gasteiger partial charge is 0.363 e.